The molecule has 0 aliphatic carbocycles. The third kappa shape index (κ3) is 2.50. The Bertz CT molecular complexity index is 498. The van der Waals surface area contributed by atoms with Gasteiger partial charge in [0.1, 0.15) is 17.2 Å². The molecule has 0 aliphatic heterocycles. The molecule has 17 heavy (non-hydrogen) atoms. The van der Waals surface area contributed by atoms with E-state index < -0.39 is 0 Å². The first-order valence-electron chi connectivity index (χ1n) is 5.35. The van der Waals surface area contributed by atoms with Crippen LogP contribution in [0, 0.1) is 6.92 Å². The van der Waals surface area contributed by atoms with Crippen molar-refractivity contribution in [1.82, 2.24) is 0 Å². The van der Waals surface area contributed by atoms with E-state index in [1.165, 1.54) is 12.1 Å². The molecule has 0 atom stereocenters. The Balaban J connectivity index is 2.31. The summed E-state index contributed by atoms with van der Waals surface area (Å²) < 4.78 is 0. The lowest BCUT2D eigenvalue weighted by Crippen LogP contribution is -1.90. The van der Waals surface area contributed by atoms with Crippen molar-refractivity contribution in [2.24, 2.45) is 0 Å². The second-order valence-corrected chi connectivity index (χ2v) is 4.12. The minimum atomic E-state index is 0.0272. The molecule has 0 aliphatic rings. The zero-order valence-electron chi connectivity index (χ0n) is 9.51. The fraction of sp³-hybridized carbons (Fsp3) is 0.143. The molecule has 3 N–H and O–H groups in total. The number of phenolic OH excluding ortho intramolecular Hbond substituents is 3. The Kier molecular flexibility index (Phi) is 2.91. The van der Waals surface area contributed by atoms with E-state index in [1.54, 1.807) is 12.1 Å². The highest BCUT2D eigenvalue weighted by molar-refractivity contribution is 5.45. The van der Waals surface area contributed by atoms with Gasteiger partial charge in [-0.2, -0.15) is 0 Å². The maximum absolute atomic E-state index is 9.77. The second-order valence-electron chi connectivity index (χ2n) is 4.12. The normalized spacial score (nSPS) is 10.4. The maximum atomic E-state index is 9.77. The molecule has 0 heterocycles. The Labute approximate surface area is 99.6 Å². The Morgan fingerprint density at radius 1 is 0.824 bits per heavy atom. The van der Waals surface area contributed by atoms with E-state index in [0.717, 1.165) is 11.1 Å². The van der Waals surface area contributed by atoms with Gasteiger partial charge in [0.05, 0.1) is 0 Å². The molecule has 0 spiro atoms. The third-order valence-electron chi connectivity index (χ3n) is 2.69. The van der Waals surface area contributed by atoms with E-state index in [-0.39, 0.29) is 17.2 Å². The van der Waals surface area contributed by atoms with E-state index in [2.05, 4.69) is 0 Å². The molecule has 3 nitrogen and oxygen atoms in total. The Morgan fingerprint density at radius 2 is 1.41 bits per heavy atom. The number of aromatic hydroxyl groups is 3. The molecule has 0 saturated heterocycles. The van der Waals surface area contributed by atoms with Crippen LogP contribution < -0.4 is 0 Å². The predicted molar refractivity (Wildman–Crippen MR) is 65.4 cm³/mol. The largest absolute Gasteiger partial charge is 0.508 e. The van der Waals surface area contributed by atoms with Crippen LogP contribution in [0.25, 0.3) is 0 Å². The molecule has 0 bridgehead atoms. The van der Waals surface area contributed by atoms with Crippen LogP contribution in [0.15, 0.2) is 36.4 Å². The lowest BCUT2D eigenvalue weighted by Gasteiger charge is -2.07. The monoisotopic (exact) mass is 230 g/mol. The Morgan fingerprint density at radius 3 is 2.00 bits per heavy atom. The number of aryl methyl sites for hydroxylation is 1. The zero-order chi connectivity index (χ0) is 12.4. The van der Waals surface area contributed by atoms with E-state index in [1.807, 2.05) is 19.1 Å². The van der Waals surface area contributed by atoms with Gasteiger partial charge in [-0.15, -0.1) is 0 Å². The van der Waals surface area contributed by atoms with Crippen LogP contribution in [0.1, 0.15) is 16.7 Å². The second kappa shape index (κ2) is 4.37. The fourth-order valence-corrected chi connectivity index (χ4v) is 1.73. The molecule has 2 aromatic rings. The summed E-state index contributed by atoms with van der Waals surface area (Å²) in [6, 6.07) is 9.88. The molecule has 0 unspecified atom stereocenters. The molecule has 2 rings (SSSR count). The van der Waals surface area contributed by atoms with Crippen LogP contribution >= 0.6 is 0 Å². The van der Waals surface area contributed by atoms with Crippen LogP contribution in [0.3, 0.4) is 0 Å². The number of hydrogen-bond acceptors (Lipinski definition) is 3. The quantitative estimate of drug-likeness (QED) is 0.743. The van der Waals surface area contributed by atoms with Gasteiger partial charge in [0.25, 0.3) is 0 Å². The molecular formula is C14H14O3. The van der Waals surface area contributed by atoms with Crippen LogP contribution in [-0.2, 0) is 6.42 Å². The average Bonchev–Trinajstić information content (AvgIpc) is 2.25. The van der Waals surface area contributed by atoms with Crippen molar-refractivity contribution >= 4 is 0 Å². The van der Waals surface area contributed by atoms with Crippen molar-refractivity contribution in [3.05, 3.63) is 53.1 Å². The molecule has 0 amide bonds. The molecule has 0 radical (unpaired) electrons. The molecule has 3 heteroatoms. The van der Waals surface area contributed by atoms with Crippen molar-refractivity contribution in [3.63, 3.8) is 0 Å². The SMILES string of the molecule is Cc1ccc(Cc2ccc(O)cc2O)c(O)c1. The van der Waals surface area contributed by atoms with E-state index in [4.69, 9.17) is 0 Å². The molecule has 2 aromatic carbocycles. The lowest BCUT2D eigenvalue weighted by atomic mass is 10.0. The minimum Gasteiger partial charge on any atom is -0.508 e. The molecule has 88 valence electrons. The summed E-state index contributed by atoms with van der Waals surface area (Å²) in [7, 11) is 0. The average molecular weight is 230 g/mol. The van der Waals surface area contributed by atoms with Crippen molar-refractivity contribution < 1.29 is 15.3 Å². The Hall–Kier alpha value is -2.16. The minimum absolute atomic E-state index is 0.0272. The van der Waals surface area contributed by atoms with Gasteiger partial charge in [0.15, 0.2) is 0 Å². The highest BCUT2D eigenvalue weighted by atomic mass is 16.3. The van der Waals surface area contributed by atoms with Crippen molar-refractivity contribution in [3.8, 4) is 17.2 Å². The lowest BCUT2D eigenvalue weighted by molar-refractivity contribution is 0.446. The van der Waals surface area contributed by atoms with Gasteiger partial charge in [0, 0.05) is 12.5 Å². The third-order valence-corrected chi connectivity index (χ3v) is 2.69. The molecule has 0 saturated carbocycles. The summed E-state index contributed by atoms with van der Waals surface area (Å²) >= 11 is 0. The number of phenols is 3. The highest BCUT2D eigenvalue weighted by Gasteiger charge is 2.07. The summed E-state index contributed by atoms with van der Waals surface area (Å²) in [5.74, 6) is 0.279. The van der Waals surface area contributed by atoms with E-state index >= 15 is 0 Å². The number of hydrogen-bond donors (Lipinski definition) is 3. The molecule has 0 aromatic heterocycles. The van der Waals surface area contributed by atoms with Gasteiger partial charge >= 0.3 is 0 Å². The summed E-state index contributed by atoms with van der Waals surface area (Å²) in [4.78, 5) is 0. The topological polar surface area (TPSA) is 60.7 Å². The first-order valence-corrected chi connectivity index (χ1v) is 5.35. The summed E-state index contributed by atoms with van der Waals surface area (Å²) in [5, 5.41) is 28.6. The van der Waals surface area contributed by atoms with Gasteiger partial charge < -0.3 is 15.3 Å². The fourth-order valence-electron chi connectivity index (χ4n) is 1.73. The highest BCUT2D eigenvalue weighted by Crippen LogP contribution is 2.28. The van der Waals surface area contributed by atoms with Crippen LogP contribution in [0.2, 0.25) is 0 Å². The first kappa shape index (κ1) is 11.3. The van der Waals surface area contributed by atoms with Crippen LogP contribution in [-0.4, -0.2) is 15.3 Å². The number of benzene rings is 2. The number of rotatable bonds is 2. The van der Waals surface area contributed by atoms with Gasteiger partial charge in [0.2, 0.25) is 0 Å². The first-order chi connectivity index (χ1) is 8.06. The zero-order valence-corrected chi connectivity index (χ0v) is 9.51. The maximum Gasteiger partial charge on any atom is 0.122 e. The van der Waals surface area contributed by atoms with Gasteiger partial charge in [-0.1, -0.05) is 18.2 Å². The van der Waals surface area contributed by atoms with Crippen LogP contribution in [0.5, 0.6) is 17.2 Å². The van der Waals surface area contributed by atoms with Crippen molar-refractivity contribution in [2.75, 3.05) is 0 Å². The van der Waals surface area contributed by atoms with Crippen molar-refractivity contribution in [2.45, 2.75) is 13.3 Å². The molecular weight excluding hydrogens is 216 g/mol. The predicted octanol–water partition coefficient (Wildman–Crippen LogP) is 2.70. The summed E-state index contributed by atoms with van der Waals surface area (Å²) in [5.41, 5.74) is 2.40. The summed E-state index contributed by atoms with van der Waals surface area (Å²) in [6.07, 6.45) is 0.429. The summed E-state index contributed by atoms with van der Waals surface area (Å²) in [6.45, 7) is 1.90. The van der Waals surface area contributed by atoms with Crippen LogP contribution in [0.4, 0.5) is 0 Å². The van der Waals surface area contributed by atoms with E-state index in [9.17, 15) is 15.3 Å². The van der Waals surface area contributed by atoms with Gasteiger partial charge in [-0.05, 0) is 35.7 Å². The van der Waals surface area contributed by atoms with Gasteiger partial charge in [-0.25, -0.2) is 0 Å². The van der Waals surface area contributed by atoms with Gasteiger partial charge in [-0.3, -0.25) is 0 Å². The van der Waals surface area contributed by atoms with E-state index in [0.29, 0.717) is 12.0 Å². The van der Waals surface area contributed by atoms with Crippen molar-refractivity contribution in [1.29, 1.82) is 0 Å². The smallest absolute Gasteiger partial charge is 0.122 e. The molecule has 0 fully saturated rings. The standard InChI is InChI=1S/C14H14O3/c1-9-2-3-10(13(16)6-9)7-11-4-5-12(15)8-14(11)17/h2-6,8,15-17H,7H2,1H3.